The average Bonchev–Trinajstić information content (AvgIpc) is 2.99. The van der Waals surface area contributed by atoms with Crippen LogP contribution in [0.4, 0.5) is 10.1 Å². The summed E-state index contributed by atoms with van der Waals surface area (Å²) in [5, 5.41) is 2.95. The van der Waals surface area contributed by atoms with E-state index in [1.54, 1.807) is 30.3 Å². The van der Waals surface area contributed by atoms with Crippen LogP contribution < -0.4 is 9.62 Å². The molecule has 0 aliphatic carbocycles. The van der Waals surface area contributed by atoms with Crippen LogP contribution in [0, 0.1) is 12.7 Å². The smallest absolute Gasteiger partial charge is 0.264 e. The number of nitrogens with one attached hydrogen (secondary N) is 1. The van der Waals surface area contributed by atoms with E-state index in [1.165, 1.54) is 17.0 Å². The van der Waals surface area contributed by atoms with Crippen molar-refractivity contribution in [2.45, 2.75) is 50.7 Å². The van der Waals surface area contributed by atoms with Gasteiger partial charge in [-0.15, -0.1) is 0 Å². The number of sulfonamides is 1. The number of carbonyl (C=O) groups is 2. The van der Waals surface area contributed by atoms with Gasteiger partial charge >= 0.3 is 0 Å². The van der Waals surface area contributed by atoms with E-state index in [0.29, 0.717) is 0 Å². The number of rotatable bonds is 12. The molecule has 4 aromatic rings. The third-order valence-electron chi connectivity index (χ3n) is 7.03. The molecule has 4 aromatic carbocycles. The van der Waals surface area contributed by atoms with Gasteiger partial charge in [-0.25, -0.2) is 12.8 Å². The van der Waals surface area contributed by atoms with Gasteiger partial charge in [-0.3, -0.25) is 13.9 Å². The second kappa shape index (κ2) is 14.1. The molecule has 1 N–H and O–H groups in total. The van der Waals surface area contributed by atoms with Crippen molar-refractivity contribution in [2.24, 2.45) is 0 Å². The van der Waals surface area contributed by atoms with E-state index < -0.39 is 34.3 Å². The molecule has 9 heteroatoms. The molecule has 4 rings (SSSR count). The summed E-state index contributed by atoms with van der Waals surface area (Å²) in [7, 11) is -4.29. The normalized spacial score (nSPS) is 12.0. The van der Waals surface area contributed by atoms with Crippen LogP contribution in [0.2, 0.25) is 0 Å². The maximum atomic E-state index is 14.4. The highest BCUT2D eigenvalue weighted by Crippen LogP contribution is 2.25. The topological polar surface area (TPSA) is 86.8 Å². The first-order chi connectivity index (χ1) is 20.6. The molecule has 1 atom stereocenters. The summed E-state index contributed by atoms with van der Waals surface area (Å²) in [4.78, 5) is 29.4. The number of nitrogens with zero attached hydrogens (tertiary/aromatic N) is 2. The summed E-state index contributed by atoms with van der Waals surface area (Å²) < 4.78 is 42.5. The van der Waals surface area contributed by atoms with E-state index in [0.717, 1.165) is 33.1 Å². The maximum Gasteiger partial charge on any atom is 0.264 e. The average molecular weight is 602 g/mol. The minimum Gasteiger partial charge on any atom is -0.352 e. The zero-order valence-corrected chi connectivity index (χ0v) is 25.3. The van der Waals surface area contributed by atoms with Crippen LogP contribution in [0.15, 0.2) is 114 Å². The highest BCUT2D eigenvalue weighted by Gasteiger charge is 2.35. The van der Waals surface area contributed by atoms with Gasteiger partial charge in [-0.1, -0.05) is 72.8 Å². The Balaban J connectivity index is 1.79. The van der Waals surface area contributed by atoms with Gasteiger partial charge in [0.1, 0.15) is 18.4 Å². The van der Waals surface area contributed by atoms with Gasteiger partial charge in [0.15, 0.2) is 0 Å². The van der Waals surface area contributed by atoms with Crippen LogP contribution in [-0.2, 0) is 32.6 Å². The lowest BCUT2D eigenvalue weighted by molar-refractivity contribution is -0.140. The van der Waals surface area contributed by atoms with Crippen molar-refractivity contribution in [1.82, 2.24) is 10.2 Å². The van der Waals surface area contributed by atoms with Crippen LogP contribution in [0.1, 0.15) is 30.5 Å². The van der Waals surface area contributed by atoms with Crippen molar-refractivity contribution in [3.8, 4) is 0 Å². The summed E-state index contributed by atoms with van der Waals surface area (Å²) in [6.45, 7) is 5.13. The Morgan fingerprint density at radius 1 is 0.814 bits per heavy atom. The number of para-hydroxylation sites is 1. The fraction of sp³-hybridized carbons (Fsp3) is 0.235. The number of aryl methyl sites for hydroxylation is 1. The van der Waals surface area contributed by atoms with Crippen LogP contribution in [0.3, 0.4) is 0 Å². The first-order valence-corrected chi connectivity index (χ1v) is 15.5. The molecule has 0 aromatic heterocycles. The number of hydrogen-bond acceptors (Lipinski definition) is 4. The van der Waals surface area contributed by atoms with Gasteiger partial charge in [0, 0.05) is 19.0 Å². The summed E-state index contributed by atoms with van der Waals surface area (Å²) >= 11 is 0. The fourth-order valence-corrected chi connectivity index (χ4v) is 6.18. The van der Waals surface area contributed by atoms with Gasteiger partial charge in [0.2, 0.25) is 11.8 Å². The molecule has 0 radical (unpaired) electrons. The van der Waals surface area contributed by atoms with Crippen molar-refractivity contribution in [3.05, 3.63) is 132 Å². The minimum atomic E-state index is -4.29. The van der Waals surface area contributed by atoms with Crippen molar-refractivity contribution in [1.29, 1.82) is 0 Å². The van der Waals surface area contributed by atoms with Gasteiger partial charge in [0.25, 0.3) is 10.0 Å². The molecule has 0 saturated carbocycles. The molecule has 0 aliphatic rings. The van der Waals surface area contributed by atoms with Gasteiger partial charge in [0.05, 0.1) is 10.6 Å². The molecule has 2 amide bonds. The Morgan fingerprint density at radius 3 is 2.00 bits per heavy atom. The Labute approximate surface area is 253 Å². The molecule has 0 fully saturated rings. The van der Waals surface area contributed by atoms with E-state index >= 15 is 0 Å². The molecule has 0 heterocycles. The zero-order valence-electron chi connectivity index (χ0n) is 24.5. The standard InChI is InChI=1S/C34H36FN3O4S/c1-25(2)36-34(40)32(22-27-13-6-4-7-14-27)37(23-28-15-11-10-12-26(28)3)33(39)24-38(30-16-8-5-9-17-30)43(41,42)31-20-18-29(35)19-21-31/h4-21,25,32H,22-24H2,1-3H3,(H,36,40)/t32-/m1/s1. The third-order valence-corrected chi connectivity index (χ3v) is 8.82. The quantitative estimate of drug-likeness (QED) is 0.233. The number of amides is 2. The van der Waals surface area contributed by atoms with E-state index in [9.17, 15) is 22.4 Å². The van der Waals surface area contributed by atoms with Crippen LogP contribution in [-0.4, -0.2) is 43.8 Å². The lowest BCUT2D eigenvalue weighted by Gasteiger charge is -2.34. The maximum absolute atomic E-state index is 14.4. The highest BCUT2D eigenvalue weighted by atomic mass is 32.2. The summed E-state index contributed by atoms with van der Waals surface area (Å²) in [5.41, 5.74) is 2.89. The molecule has 0 saturated heterocycles. The van der Waals surface area contributed by atoms with E-state index in [-0.39, 0.29) is 35.5 Å². The SMILES string of the molecule is Cc1ccccc1CN(C(=O)CN(c1ccccc1)S(=O)(=O)c1ccc(F)cc1)[C@H](Cc1ccccc1)C(=O)NC(C)C. The van der Waals surface area contributed by atoms with Gasteiger partial charge in [-0.05, 0) is 73.9 Å². The van der Waals surface area contributed by atoms with Gasteiger partial charge in [-0.2, -0.15) is 0 Å². The molecule has 0 aliphatic heterocycles. The Morgan fingerprint density at radius 2 is 1.40 bits per heavy atom. The molecule has 0 unspecified atom stereocenters. The van der Waals surface area contributed by atoms with Crippen LogP contribution >= 0.6 is 0 Å². The number of benzene rings is 4. The first kappa shape index (κ1) is 31.4. The second-order valence-electron chi connectivity index (χ2n) is 10.6. The largest absolute Gasteiger partial charge is 0.352 e. The van der Waals surface area contributed by atoms with E-state index in [2.05, 4.69) is 5.32 Å². The van der Waals surface area contributed by atoms with Gasteiger partial charge < -0.3 is 10.2 Å². The number of anilines is 1. The Hall–Kier alpha value is -4.50. The summed E-state index contributed by atoms with van der Waals surface area (Å²) in [6, 6.07) is 28.6. The molecule has 7 nitrogen and oxygen atoms in total. The fourth-order valence-electron chi connectivity index (χ4n) is 4.76. The third kappa shape index (κ3) is 8.08. The van der Waals surface area contributed by atoms with E-state index in [4.69, 9.17) is 0 Å². The number of halogens is 1. The highest BCUT2D eigenvalue weighted by molar-refractivity contribution is 7.92. The molecular weight excluding hydrogens is 565 g/mol. The van der Waals surface area contributed by atoms with Crippen molar-refractivity contribution in [2.75, 3.05) is 10.8 Å². The monoisotopic (exact) mass is 601 g/mol. The van der Waals surface area contributed by atoms with Crippen molar-refractivity contribution in [3.63, 3.8) is 0 Å². The molecule has 224 valence electrons. The van der Waals surface area contributed by atoms with Crippen molar-refractivity contribution < 1.29 is 22.4 Å². The van der Waals surface area contributed by atoms with Crippen LogP contribution in [0.5, 0.6) is 0 Å². The summed E-state index contributed by atoms with van der Waals surface area (Å²) in [6.07, 6.45) is 0.229. The predicted octanol–water partition coefficient (Wildman–Crippen LogP) is 5.49. The van der Waals surface area contributed by atoms with Crippen molar-refractivity contribution >= 4 is 27.5 Å². The van der Waals surface area contributed by atoms with Crippen LogP contribution in [0.25, 0.3) is 0 Å². The molecule has 0 spiro atoms. The Bertz CT molecular complexity index is 1630. The lowest BCUT2D eigenvalue weighted by atomic mass is 10.0. The minimum absolute atomic E-state index is 0.0910. The molecule has 0 bridgehead atoms. The molecular formula is C34H36FN3O4S. The summed E-state index contributed by atoms with van der Waals surface area (Å²) in [5.74, 6) is -1.48. The Kier molecular flexibility index (Phi) is 10.3. The zero-order chi connectivity index (χ0) is 31.0. The first-order valence-electron chi connectivity index (χ1n) is 14.1. The lowest BCUT2D eigenvalue weighted by Crippen LogP contribution is -2.54. The second-order valence-corrected chi connectivity index (χ2v) is 12.5. The number of carbonyl (C=O) groups excluding carboxylic acids is 2. The number of hydrogen-bond donors (Lipinski definition) is 1. The predicted molar refractivity (Wildman–Crippen MR) is 166 cm³/mol. The van der Waals surface area contributed by atoms with E-state index in [1.807, 2.05) is 75.4 Å². The molecule has 43 heavy (non-hydrogen) atoms.